The van der Waals surface area contributed by atoms with E-state index in [4.69, 9.17) is 4.74 Å². The van der Waals surface area contributed by atoms with Crippen LogP contribution in [-0.2, 0) is 4.79 Å². The van der Waals surface area contributed by atoms with Gasteiger partial charge in [-0.1, -0.05) is 13.8 Å². The smallest absolute Gasteiger partial charge is 0.259 e. The highest BCUT2D eigenvalue weighted by atomic mass is 19.1. The van der Waals surface area contributed by atoms with Gasteiger partial charge in [0.15, 0.2) is 0 Å². The minimum atomic E-state index is -0.521. The Balaban J connectivity index is 2.10. The molecule has 2 rings (SSSR count). The molecule has 2 N–H and O–H groups in total. The lowest BCUT2D eigenvalue weighted by Gasteiger charge is -2.11. The van der Waals surface area contributed by atoms with E-state index in [1.165, 1.54) is 19.2 Å². The van der Waals surface area contributed by atoms with Gasteiger partial charge in [0.25, 0.3) is 5.91 Å². The van der Waals surface area contributed by atoms with Crippen LogP contribution in [0.5, 0.6) is 5.75 Å². The molecule has 0 saturated heterocycles. The fourth-order valence-electron chi connectivity index (χ4n) is 1.98. The molecule has 0 aromatic heterocycles. The number of hydrogen-bond donors (Lipinski definition) is 2. The first kappa shape index (κ1) is 17.5. The molecule has 0 unspecified atom stereocenters. The molecule has 24 heavy (non-hydrogen) atoms. The summed E-state index contributed by atoms with van der Waals surface area (Å²) in [5.41, 5.74) is 1.26. The van der Waals surface area contributed by atoms with Crippen molar-refractivity contribution < 1.29 is 18.7 Å². The molecule has 2 aromatic rings. The van der Waals surface area contributed by atoms with E-state index >= 15 is 0 Å². The van der Waals surface area contributed by atoms with Gasteiger partial charge >= 0.3 is 0 Å². The summed E-state index contributed by atoms with van der Waals surface area (Å²) in [7, 11) is 1.41. The molecule has 0 fully saturated rings. The molecule has 5 nitrogen and oxygen atoms in total. The largest absolute Gasteiger partial charge is 0.496 e. The van der Waals surface area contributed by atoms with Gasteiger partial charge < -0.3 is 15.4 Å². The van der Waals surface area contributed by atoms with Crippen molar-refractivity contribution in [1.82, 2.24) is 0 Å². The summed E-state index contributed by atoms with van der Waals surface area (Å²) in [5.74, 6) is -0.922. The third-order valence-electron chi connectivity index (χ3n) is 3.34. The van der Waals surface area contributed by atoms with Crippen LogP contribution in [0.25, 0.3) is 0 Å². The summed E-state index contributed by atoms with van der Waals surface area (Å²) in [6.45, 7) is 3.60. The average Bonchev–Trinajstić information content (AvgIpc) is 2.56. The third-order valence-corrected chi connectivity index (χ3v) is 3.34. The van der Waals surface area contributed by atoms with Crippen LogP contribution in [0.3, 0.4) is 0 Å². The lowest BCUT2D eigenvalue weighted by molar-refractivity contribution is -0.118. The maximum atomic E-state index is 13.3. The van der Waals surface area contributed by atoms with Gasteiger partial charge in [-0.3, -0.25) is 9.59 Å². The summed E-state index contributed by atoms with van der Waals surface area (Å²) in [5, 5.41) is 5.42. The zero-order valence-corrected chi connectivity index (χ0v) is 13.7. The lowest BCUT2D eigenvalue weighted by atomic mass is 10.1. The van der Waals surface area contributed by atoms with Crippen LogP contribution in [0.2, 0.25) is 0 Å². The predicted molar refractivity (Wildman–Crippen MR) is 90.8 cm³/mol. The van der Waals surface area contributed by atoms with Crippen molar-refractivity contribution in [3.8, 4) is 5.75 Å². The summed E-state index contributed by atoms with van der Waals surface area (Å²) in [4.78, 5) is 23.9. The van der Waals surface area contributed by atoms with Gasteiger partial charge in [-0.05, 0) is 42.5 Å². The van der Waals surface area contributed by atoms with E-state index in [1.54, 1.807) is 38.1 Å². The van der Waals surface area contributed by atoms with E-state index in [0.29, 0.717) is 11.4 Å². The quantitative estimate of drug-likeness (QED) is 0.879. The molecular weight excluding hydrogens is 311 g/mol. The lowest BCUT2D eigenvalue weighted by Crippen LogP contribution is -2.17. The number of carbonyl (C=O) groups excluding carboxylic acids is 2. The van der Waals surface area contributed by atoms with E-state index in [-0.39, 0.29) is 23.1 Å². The number of hydrogen-bond acceptors (Lipinski definition) is 3. The third kappa shape index (κ3) is 4.32. The Labute approximate surface area is 139 Å². The molecule has 6 heteroatoms. The molecular formula is C18H19FN2O3. The number of halogens is 1. The van der Waals surface area contributed by atoms with Crippen LogP contribution < -0.4 is 15.4 Å². The van der Waals surface area contributed by atoms with Crippen molar-refractivity contribution in [2.24, 2.45) is 5.92 Å². The molecule has 0 radical (unpaired) electrons. The summed E-state index contributed by atoms with van der Waals surface area (Å²) in [6, 6.07) is 10.4. The van der Waals surface area contributed by atoms with E-state index in [9.17, 15) is 14.0 Å². The van der Waals surface area contributed by atoms with E-state index in [1.807, 2.05) is 0 Å². The van der Waals surface area contributed by atoms with Gasteiger partial charge in [-0.2, -0.15) is 0 Å². The molecule has 0 saturated carbocycles. The highest BCUT2D eigenvalue weighted by Gasteiger charge is 2.14. The minimum Gasteiger partial charge on any atom is -0.496 e. The Bertz CT molecular complexity index is 742. The van der Waals surface area contributed by atoms with Gasteiger partial charge in [-0.15, -0.1) is 0 Å². The Morgan fingerprint density at radius 2 is 1.58 bits per heavy atom. The van der Waals surface area contributed by atoms with Crippen molar-refractivity contribution in [2.75, 3.05) is 17.7 Å². The van der Waals surface area contributed by atoms with E-state index in [0.717, 1.165) is 6.07 Å². The first-order valence-electron chi connectivity index (χ1n) is 7.46. The molecule has 0 spiro atoms. The number of methoxy groups -OCH3 is 1. The Hall–Kier alpha value is -2.89. The maximum Gasteiger partial charge on any atom is 0.259 e. The number of benzene rings is 2. The summed E-state index contributed by atoms with van der Waals surface area (Å²) in [6.07, 6.45) is 0. The molecule has 0 aliphatic rings. The highest BCUT2D eigenvalue weighted by molar-refractivity contribution is 6.06. The zero-order chi connectivity index (χ0) is 17.7. The van der Waals surface area contributed by atoms with Crippen LogP contribution in [0.1, 0.15) is 24.2 Å². The molecule has 0 aliphatic carbocycles. The van der Waals surface area contributed by atoms with Gasteiger partial charge in [0, 0.05) is 17.3 Å². The second kappa shape index (κ2) is 7.59. The molecule has 0 aliphatic heterocycles. The van der Waals surface area contributed by atoms with Crippen LogP contribution in [0.15, 0.2) is 42.5 Å². The van der Waals surface area contributed by atoms with Gasteiger partial charge in [0.1, 0.15) is 11.6 Å². The standard InChI is InChI=1S/C18H19FN2O3/c1-11(2)17(22)20-13-5-7-14(8-6-13)21-18(23)15-10-12(19)4-9-16(15)24-3/h4-11H,1-3H3,(H,20,22)(H,21,23). The normalized spacial score (nSPS) is 10.4. The van der Waals surface area contributed by atoms with Crippen LogP contribution in [0, 0.1) is 11.7 Å². The molecule has 0 bridgehead atoms. The zero-order valence-electron chi connectivity index (χ0n) is 13.7. The first-order chi connectivity index (χ1) is 11.4. The molecule has 2 amide bonds. The number of amides is 2. The number of carbonyl (C=O) groups is 2. The predicted octanol–water partition coefficient (Wildman–Crippen LogP) is 3.68. The van der Waals surface area contributed by atoms with E-state index in [2.05, 4.69) is 10.6 Å². The van der Waals surface area contributed by atoms with Gasteiger partial charge in [0.2, 0.25) is 5.91 Å². The maximum absolute atomic E-state index is 13.3. The van der Waals surface area contributed by atoms with Crippen molar-refractivity contribution in [2.45, 2.75) is 13.8 Å². The van der Waals surface area contributed by atoms with E-state index < -0.39 is 11.7 Å². The topological polar surface area (TPSA) is 67.4 Å². The van der Waals surface area contributed by atoms with Gasteiger partial charge in [-0.25, -0.2) is 4.39 Å². The Morgan fingerprint density at radius 1 is 1.00 bits per heavy atom. The van der Waals surface area contributed by atoms with Crippen LogP contribution in [0.4, 0.5) is 15.8 Å². The second-order valence-electron chi connectivity index (χ2n) is 5.52. The number of anilines is 2. The monoisotopic (exact) mass is 330 g/mol. The second-order valence-corrected chi connectivity index (χ2v) is 5.52. The van der Waals surface area contributed by atoms with Crippen molar-refractivity contribution in [3.63, 3.8) is 0 Å². The molecule has 2 aromatic carbocycles. The van der Waals surface area contributed by atoms with Crippen molar-refractivity contribution in [3.05, 3.63) is 53.8 Å². The average molecular weight is 330 g/mol. The highest BCUT2D eigenvalue weighted by Crippen LogP contribution is 2.21. The fourth-order valence-corrected chi connectivity index (χ4v) is 1.98. The Morgan fingerprint density at radius 3 is 2.12 bits per heavy atom. The first-order valence-corrected chi connectivity index (χ1v) is 7.46. The van der Waals surface area contributed by atoms with Crippen LogP contribution >= 0.6 is 0 Å². The fraction of sp³-hybridized carbons (Fsp3) is 0.222. The Kier molecular flexibility index (Phi) is 5.52. The van der Waals surface area contributed by atoms with Crippen LogP contribution in [-0.4, -0.2) is 18.9 Å². The van der Waals surface area contributed by atoms with Crippen molar-refractivity contribution >= 4 is 23.2 Å². The number of rotatable bonds is 5. The minimum absolute atomic E-state index is 0.0868. The van der Waals surface area contributed by atoms with Crippen molar-refractivity contribution in [1.29, 1.82) is 0 Å². The molecule has 126 valence electrons. The molecule has 0 heterocycles. The number of nitrogens with one attached hydrogen (secondary N) is 2. The number of ether oxygens (including phenoxy) is 1. The van der Waals surface area contributed by atoms with Gasteiger partial charge in [0.05, 0.1) is 12.7 Å². The SMILES string of the molecule is COc1ccc(F)cc1C(=O)Nc1ccc(NC(=O)C(C)C)cc1. The summed E-state index contributed by atoms with van der Waals surface area (Å²) < 4.78 is 18.4. The summed E-state index contributed by atoms with van der Waals surface area (Å²) >= 11 is 0. The molecule has 0 atom stereocenters.